The third-order valence-corrected chi connectivity index (χ3v) is 6.02. The summed E-state index contributed by atoms with van der Waals surface area (Å²) in [4.78, 5) is 2.52. The highest BCUT2D eigenvalue weighted by Gasteiger charge is 2.20. The average Bonchev–Trinajstić information content (AvgIpc) is 2.90. The molecule has 2 aromatic rings. The summed E-state index contributed by atoms with van der Waals surface area (Å²) in [5.41, 5.74) is 2.42. The number of anilines is 1. The van der Waals surface area contributed by atoms with E-state index in [4.69, 9.17) is 16.7 Å². The van der Waals surface area contributed by atoms with Crippen molar-refractivity contribution < 1.29 is 0 Å². The first-order chi connectivity index (χ1) is 10.7. The maximum absolute atomic E-state index is 6.26. The van der Waals surface area contributed by atoms with Gasteiger partial charge in [-0.05, 0) is 36.4 Å². The SMILES string of the molecule is NSc1cc(NC2CCN(Cc3ccccc3)CC2)c(Cl)s1. The molecule has 22 heavy (non-hydrogen) atoms. The Kier molecular flexibility index (Phi) is 5.66. The number of nitrogens with two attached hydrogens (primary N) is 1. The second-order valence-electron chi connectivity index (χ2n) is 5.55. The van der Waals surface area contributed by atoms with Crippen molar-refractivity contribution in [3.05, 3.63) is 46.3 Å². The second-order valence-corrected chi connectivity index (χ2v) is 8.14. The maximum atomic E-state index is 6.26. The molecule has 0 amide bonds. The number of nitrogens with zero attached hydrogens (tertiary/aromatic N) is 1. The van der Waals surface area contributed by atoms with Crippen molar-refractivity contribution in [1.82, 2.24) is 4.90 Å². The van der Waals surface area contributed by atoms with Gasteiger partial charge in [-0.2, -0.15) is 0 Å². The molecule has 1 aliphatic heterocycles. The largest absolute Gasteiger partial charge is 0.380 e. The Bertz CT molecular complexity index is 595. The minimum atomic E-state index is 0.495. The molecule has 3 N–H and O–H groups in total. The van der Waals surface area contributed by atoms with Crippen LogP contribution >= 0.6 is 34.9 Å². The minimum absolute atomic E-state index is 0.495. The molecule has 1 aromatic carbocycles. The topological polar surface area (TPSA) is 41.3 Å². The molecule has 0 radical (unpaired) electrons. The Morgan fingerprint density at radius 2 is 2.00 bits per heavy atom. The monoisotopic (exact) mass is 353 g/mol. The molecule has 0 unspecified atom stereocenters. The van der Waals surface area contributed by atoms with E-state index in [2.05, 4.69) is 40.5 Å². The molecule has 0 bridgehead atoms. The number of halogens is 1. The smallest absolute Gasteiger partial charge is 0.117 e. The fraction of sp³-hybridized carbons (Fsp3) is 0.375. The van der Waals surface area contributed by atoms with E-state index in [1.54, 1.807) is 0 Å². The van der Waals surface area contributed by atoms with Crippen LogP contribution in [0.5, 0.6) is 0 Å². The van der Waals surface area contributed by atoms with Crippen molar-refractivity contribution in [3.63, 3.8) is 0 Å². The zero-order chi connectivity index (χ0) is 15.4. The minimum Gasteiger partial charge on any atom is -0.380 e. The summed E-state index contributed by atoms with van der Waals surface area (Å²) in [6.45, 7) is 3.28. The lowest BCUT2D eigenvalue weighted by molar-refractivity contribution is 0.211. The van der Waals surface area contributed by atoms with Gasteiger partial charge in [0.15, 0.2) is 0 Å². The molecule has 2 heterocycles. The summed E-state index contributed by atoms with van der Waals surface area (Å²) in [6, 6.07) is 13.2. The van der Waals surface area contributed by atoms with E-state index in [0.29, 0.717) is 6.04 Å². The fourth-order valence-corrected chi connectivity index (χ4v) is 4.51. The van der Waals surface area contributed by atoms with Gasteiger partial charge in [-0.25, -0.2) is 0 Å². The summed E-state index contributed by atoms with van der Waals surface area (Å²) in [5, 5.41) is 9.16. The third-order valence-electron chi connectivity index (χ3n) is 3.98. The lowest BCUT2D eigenvalue weighted by Crippen LogP contribution is -2.38. The molecule has 6 heteroatoms. The number of hydrogen-bond acceptors (Lipinski definition) is 5. The van der Waals surface area contributed by atoms with E-state index in [-0.39, 0.29) is 0 Å². The molecule has 1 aromatic heterocycles. The van der Waals surface area contributed by atoms with E-state index in [1.807, 2.05) is 6.07 Å². The van der Waals surface area contributed by atoms with E-state index < -0.39 is 0 Å². The summed E-state index contributed by atoms with van der Waals surface area (Å²) >= 11 is 9.04. The molecule has 118 valence electrons. The van der Waals surface area contributed by atoms with Crippen LogP contribution in [-0.2, 0) is 6.54 Å². The Balaban J connectivity index is 1.50. The van der Waals surface area contributed by atoms with Crippen LogP contribution in [0.15, 0.2) is 40.6 Å². The Labute approximate surface area is 145 Å². The van der Waals surface area contributed by atoms with E-state index >= 15 is 0 Å². The molecular formula is C16H20ClN3S2. The highest BCUT2D eigenvalue weighted by molar-refractivity contribution is 7.99. The van der Waals surface area contributed by atoms with Crippen LogP contribution in [-0.4, -0.2) is 24.0 Å². The van der Waals surface area contributed by atoms with Crippen molar-refractivity contribution in [2.75, 3.05) is 18.4 Å². The first-order valence-electron chi connectivity index (χ1n) is 7.43. The molecule has 0 atom stereocenters. The van der Waals surface area contributed by atoms with Crippen molar-refractivity contribution in [1.29, 1.82) is 0 Å². The normalized spacial score (nSPS) is 16.8. The van der Waals surface area contributed by atoms with Gasteiger partial charge in [-0.1, -0.05) is 41.9 Å². The predicted molar refractivity (Wildman–Crippen MR) is 97.7 cm³/mol. The van der Waals surface area contributed by atoms with E-state index in [1.165, 1.54) is 28.8 Å². The first kappa shape index (κ1) is 16.1. The van der Waals surface area contributed by atoms with Gasteiger partial charge in [0.2, 0.25) is 0 Å². The number of nitrogens with one attached hydrogen (secondary N) is 1. The number of thiophene rings is 1. The van der Waals surface area contributed by atoms with Crippen molar-refractivity contribution in [2.24, 2.45) is 5.14 Å². The molecule has 3 nitrogen and oxygen atoms in total. The molecule has 0 aliphatic carbocycles. The summed E-state index contributed by atoms with van der Waals surface area (Å²) in [7, 11) is 0. The molecule has 1 aliphatic rings. The highest BCUT2D eigenvalue weighted by atomic mass is 35.5. The molecule has 1 saturated heterocycles. The van der Waals surface area contributed by atoms with Crippen molar-refractivity contribution in [3.8, 4) is 0 Å². The van der Waals surface area contributed by atoms with Gasteiger partial charge in [0.1, 0.15) is 4.34 Å². The van der Waals surface area contributed by atoms with Gasteiger partial charge >= 0.3 is 0 Å². The standard InChI is InChI=1S/C16H20ClN3S2/c17-16-14(10-15(21-16)22-18)19-13-6-8-20(9-7-13)11-12-4-2-1-3-5-12/h1-5,10,13,19H,6-9,11,18H2. The van der Waals surface area contributed by atoms with E-state index in [9.17, 15) is 0 Å². The number of piperidine rings is 1. The lowest BCUT2D eigenvalue weighted by atomic mass is 10.0. The molecule has 0 saturated carbocycles. The van der Waals surface area contributed by atoms with Crippen LogP contribution in [0.1, 0.15) is 18.4 Å². The first-order valence-corrected chi connectivity index (χ1v) is 9.51. The summed E-state index contributed by atoms with van der Waals surface area (Å²) < 4.78 is 1.86. The fourth-order valence-electron chi connectivity index (χ4n) is 2.80. The van der Waals surface area contributed by atoms with Gasteiger partial charge in [0.05, 0.1) is 9.90 Å². The van der Waals surface area contributed by atoms with Gasteiger partial charge < -0.3 is 5.32 Å². The number of benzene rings is 1. The molecular weight excluding hydrogens is 334 g/mol. The number of likely N-dealkylation sites (tertiary alicyclic amines) is 1. The van der Waals surface area contributed by atoms with Gasteiger partial charge in [-0.15, -0.1) is 11.3 Å². The van der Waals surface area contributed by atoms with Crippen molar-refractivity contribution >= 4 is 40.6 Å². The van der Waals surface area contributed by atoms with Crippen molar-refractivity contribution in [2.45, 2.75) is 29.6 Å². The van der Waals surface area contributed by atoms with Crippen LogP contribution in [0.25, 0.3) is 0 Å². The van der Waals surface area contributed by atoms with Crippen LogP contribution in [0, 0.1) is 0 Å². The quantitative estimate of drug-likeness (QED) is 0.779. The van der Waals surface area contributed by atoms with Gasteiger partial charge in [0, 0.05) is 25.7 Å². The molecule has 1 fully saturated rings. The summed E-state index contributed by atoms with van der Waals surface area (Å²) in [6.07, 6.45) is 2.29. The molecule has 0 spiro atoms. The van der Waals surface area contributed by atoms with Crippen LogP contribution in [0.4, 0.5) is 5.69 Å². The van der Waals surface area contributed by atoms with Crippen LogP contribution in [0.3, 0.4) is 0 Å². The zero-order valence-corrected chi connectivity index (χ0v) is 14.7. The Hall–Kier alpha value is -0.720. The molecule has 3 rings (SSSR count). The lowest BCUT2D eigenvalue weighted by Gasteiger charge is -2.32. The second kappa shape index (κ2) is 7.70. The highest BCUT2D eigenvalue weighted by Crippen LogP contribution is 2.37. The maximum Gasteiger partial charge on any atom is 0.117 e. The average molecular weight is 354 g/mol. The number of hydrogen-bond donors (Lipinski definition) is 2. The van der Waals surface area contributed by atoms with Gasteiger partial charge in [-0.3, -0.25) is 10.0 Å². The zero-order valence-electron chi connectivity index (χ0n) is 12.3. The van der Waals surface area contributed by atoms with E-state index in [0.717, 1.165) is 46.7 Å². The Morgan fingerprint density at radius 1 is 1.27 bits per heavy atom. The van der Waals surface area contributed by atoms with Crippen LogP contribution < -0.4 is 10.5 Å². The summed E-state index contributed by atoms with van der Waals surface area (Å²) in [5.74, 6) is 0. The van der Waals surface area contributed by atoms with Gasteiger partial charge in [0.25, 0.3) is 0 Å². The number of rotatable bonds is 5. The predicted octanol–water partition coefficient (Wildman–Crippen LogP) is 4.44. The van der Waals surface area contributed by atoms with Crippen LogP contribution in [0.2, 0.25) is 4.34 Å². The Morgan fingerprint density at radius 3 is 2.64 bits per heavy atom. The third kappa shape index (κ3) is 4.18.